The molecule has 34 heteroatoms. The Morgan fingerprint density at radius 2 is 1.22 bits per heavy atom. The molecular weight excluding hydrogens is 1280 g/mol. The summed E-state index contributed by atoms with van der Waals surface area (Å²) in [5.74, 6) is -12.4. The molecule has 5 aliphatic rings. The number of hydrogen-bond donors (Lipinski definition) is 18. The Kier molecular flexibility index (Phi) is 20.9. The third-order valence-corrected chi connectivity index (χ3v) is 15.2. The first-order chi connectivity index (χ1) is 43.9. The summed E-state index contributed by atoms with van der Waals surface area (Å²) in [4.78, 5) is 124. The number of aromatic hydroxyl groups is 4. The molecule has 0 unspecified atom stereocenters. The van der Waals surface area contributed by atoms with E-state index in [0.29, 0.717) is 12.1 Å². The smallest absolute Gasteiger partial charge is 0.490 e. The number of nitrogens with two attached hydrogens (primary N) is 2. The maximum Gasteiger partial charge on any atom is 0.490 e. The zero-order valence-electron chi connectivity index (χ0n) is 47.7. The molecule has 0 saturated heterocycles. The number of hydrogen-bond acceptors (Lipinski definition) is 20. The standard InChI is InChI=1S/C57H54Cl2N10O17.C2HF3O2/c1-62-33(12-22-3-2-4-23(11-22)21-63-61)51(77)68-46-48(74)25-6-9-37(31(58)14-25)85-39-16-27-17-40(50(39)76)86-38-10-7-26(15-32(38)59)49(75)47-56(82)67-45(57(83)84)30-18-28(70)19-36(72)42(30)29-13-24(5-8-35(29)71)43(53(79)69-47)66-54(80)44(27)65-52(78)34(20-41(60)73)64-55(46)81;3-2(4,5)1(6)7/h2-11,13-19,33-34,43-49,62-63,70-72,74-76H,12,20-21,61H2,1H3,(H2,60,73)(H,64,81)(H,65,78)(H,66,80)(H,67,82)(H,68,77)(H,69,79)(H,83,84);(H,6,7)/t33-,34+,43-,44-,45+,46-,47+,48-,49-;/m1./s1. The van der Waals surface area contributed by atoms with Crippen LogP contribution in [0.4, 0.5) is 13.2 Å². The van der Waals surface area contributed by atoms with E-state index in [2.05, 4.69) is 42.6 Å². The zero-order chi connectivity index (χ0) is 68.1. The first-order valence-electron chi connectivity index (χ1n) is 27.3. The van der Waals surface area contributed by atoms with Crippen LogP contribution in [0.25, 0.3) is 11.1 Å². The van der Waals surface area contributed by atoms with Gasteiger partial charge in [0.1, 0.15) is 71.2 Å². The molecule has 5 aliphatic heterocycles. The van der Waals surface area contributed by atoms with Gasteiger partial charge in [-0.05, 0) is 101 Å². The number of alkyl halides is 3. The molecule has 0 spiro atoms. The minimum absolute atomic E-state index is 0.0444. The summed E-state index contributed by atoms with van der Waals surface area (Å²) >= 11 is 13.6. The number of ether oxygens (including phenoxy) is 2. The molecule has 11 rings (SSSR count). The van der Waals surface area contributed by atoms with Crippen LogP contribution in [0.3, 0.4) is 0 Å². The summed E-state index contributed by atoms with van der Waals surface area (Å²) in [5.41, 5.74) is 7.27. The predicted molar refractivity (Wildman–Crippen MR) is 316 cm³/mol. The number of aliphatic hydroxyl groups is 2. The predicted octanol–water partition coefficient (Wildman–Crippen LogP) is 2.19. The number of benzene rings is 6. The molecule has 6 aromatic carbocycles. The van der Waals surface area contributed by atoms with E-state index in [9.17, 15) is 77.7 Å². The van der Waals surface area contributed by atoms with Gasteiger partial charge in [-0.1, -0.05) is 65.7 Å². The minimum atomic E-state index is -5.08. The van der Waals surface area contributed by atoms with Crippen molar-refractivity contribution >= 4 is 76.5 Å². The number of aliphatic hydroxyl groups excluding tert-OH is 2. The molecule has 5 heterocycles. The van der Waals surface area contributed by atoms with Crippen LogP contribution in [0.1, 0.15) is 75.7 Å². The van der Waals surface area contributed by atoms with Gasteiger partial charge >= 0.3 is 18.1 Å². The number of amides is 7. The average molecular weight is 1340 g/mol. The number of carbonyl (C=O) groups is 9. The molecule has 490 valence electrons. The van der Waals surface area contributed by atoms with Crippen LogP contribution >= 0.6 is 23.2 Å². The van der Waals surface area contributed by atoms with Crippen molar-refractivity contribution < 1.29 is 107 Å². The molecule has 0 aliphatic carbocycles. The van der Waals surface area contributed by atoms with Crippen LogP contribution in [0.2, 0.25) is 10.0 Å². The van der Waals surface area contributed by atoms with Crippen LogP contribution in [-0.2, 0) is 56.1 Å². The minimum Gasteiger partial charge on any atom is -0.508 e. The van der Waals surface area contributed by atoms with Crippen LogP contribution in [0, 0.1) is 0 Å². The SMILES string of the molecule is CN[C@H](Cc1cccc(CNN)c1)C(=O)N[C@H]1C(=O)N[C@@H](CC(N)=O)C(=O)N[C@H]2C(=O)N[C@H]3C(=O)N[C@H](C(=O)N[C@H](C(=O)O)c4cc(O)cc(O)c4-c4cc3ccc4O)[C@H](O)c3ccc(c(Cl)c3)Oc3cc2cc(c3O)Oc2ccc(cc2Cl)[C@H]1O.O=C(O)C(F)(F)F. The number of carboxylic acids is 2. The van der Waals surface area contributed by atoms with Gasteiger partial charge < -0.3 is 93.3 Å². The Hall–Kier alpha value is -10.5. The van der Waals surface area contributed by atoms with Crippen LogP contribution in [0.15, 0.2) is 103 Å². The zero-order valence-corrected chi connectivity index (χ0v) is 49.3. The maximum absolute atomic E-state index is 15.5. The lowest BCUT2D eigenvalue weighted by Gasteiger charge is -2.31. The molecule has 0 radical (unpaired) electrons. The molecule has 29 nitrogen and oxygen atoms in total. The number of carbonyl (C=O) groups excluding carboxylic acids is 7. The summed E-state index contributed by atoms with van der Waals surface area (Å²) in [7, 11) is 1.47. The van der Waals surface area contributed by atoms with E-state index in [1.165, 1.54) is 31.3 Å². The number of carboxylic acid groups (broad SMARTS) is 2. The van der Waals surface area contributed by atoms with Crippen molar-refractivity contribution in [1.29, 1.82) is 0 Å². The molecule has 7 amide bonds. The Labute approximate surface area is 531 Å². The molecule has 0 fully saturated rings. The normalized spacial score (nSPS) is 20.8. The summed E-state index contributed by atoms with van der Waals surface area (Å²) in [6.45, 7) is 0.296. The third-order valence-electron chi connectivity index (χ3n) is 14.6. The highest BCUT2D eigenvalue weighted by atomic mass is 35.5. The van der Waals surface area contributed by atoms with Gasteiger partial charge in [0.15, 0.2) is 17.5 Å². The fraction of sp³-hybridized carbons (Fsp3) is 0.237. The molecule has 9 atom stereocenters. The van der Waals surface area contributed by atoms with Crippen molar-refractivity contribution in [2.45, 2.75) is 80.1 Å². The highest BCUT2D eigenvalue weighted by Gasteiger charge is 2.42. The molecule has 6 aromatic rings. The van der Waals surface area contributed by atoms with Gasteiger partial charge in [0.2, 0.25) is 47.1 Å². The second-order valence-electron chi connectivity index (χ2n) is 21.0. The number of phenolic OH excluding ortho intramolecular Hbond substituents is 4. The van der Waals surface area contributed by atoms with Crippen molar-refractivity contribution in [3.63, 3.8) is 0 Å². The molecule has 20 N–H and O–H groups in total. The van der Waals surface area contributed by atoms with E-state index < -0.39 is 172 Å². The van der Waals surface area contributed by atoms with E-state index in [0.717, 1.165) is 60.2 Å². The van der Waals surface area contributed by atoms with Gasteiger partial charge in [-0.25, -0.2) is 9.59 Å². The van der Waals surface area contributed by atoms with Crippen molar-refractivity contribution in [3.8, 4) is 57.1 Å². The van der Waals surface area contributed by atoms with E-state index in [4.69, 9.17) is 54.2 Å². The van der Waals surface area contributed by atoms with Crippen molar-refractivity contribution in [3.05, 3.63) is 152 Å². The molecular formula is C59H55Cl2F3N10O19. The van der Waals surface area contributed by atoms with Crippen LogP contribution in [0.5, 0.6) is 46.0 Å². The van der Waals surface area contributed by atoms with Gasteiger partial charge in [-0.3, -0.25) is 44.8 Å². The fourth-order valence-corrected chi connectivity index (χ4v) is 10.5. The second kappa shape index (κ2) is 28.4. The number of hydrazine groups is 1. The summed E-state index contributed by atoms with van der Waals surface area (Å²) in [5, 5.41) is 104. The second-order valence-corrected chi connectivity index (χ2v) is 21.8. The van der Waals surface area contributed by atoms with Gasteiger partial charge in [-0.2, -0.15) is 13.2 Å². The fourth-order valence-electron chi connectivity index (χ4n) is 10.1. The van der Waals surface area contributed by atoms with Crippen molar-refractivity contribution in [2.75, 3.05) is 7.05 Å². The van der Waals surface area contributed by atoms with E-state index in [1.54, 1.807) is 24.3 Å². The highest BCUT2D eigenvalue weighted by Crippen LogP contribution is 2.48. The van der Waals surface area contributed by atoms with Crippen molar-refractivity contribution in [1.82, 2.24) is 42.6 Å². The Morgan fingerprint density at radius 3 is 1.78 bits per heavy atom. The van der Waals surface area contributed by atoms with E-state index in [1.807, 2.05) is 0 Å². The number of phenols is 4. The molecule has 0 saturated carbocycles. The van der Waals surface area contributed by atoms with Gasteiger partial charge in [0.05, 0.1) is 22.5 Å². The monoisotopic (exact) mass is 1330 g/mol. The lowest BCUT2D eigenvalue weighted by Crippen LogP contribution is -2.59. The van der Waals surface area contributed by atoms with E-state index in [-0.39, 0.29) is 50.2 Å². The lowest BCUT2D eigenvalue weighted by molar-refractivity contribution is -0.192. The summed E-state index contributed by atoms with van der Waals surface area (Å²) in [6.07, 6.45) is -10.2. The van der Waals surface area contributed by atoms with E-state index >= 15 is 9.59 Å². The van der Waals surface area contributed by atoms with Crippen LogP contribution < -0.4 is 63.7 Å². The molecule has 11 bridgehead atoms. The maximum atomic E-state index is 15.5. The number of aliphatic carboxylic acids is 2. The van der Waals surface area contributed by atoms with Crippen molar-refractivity contribution in [2.24, 2.45) is 11.6 Å². The van der Waals surface area contributed by atoms with Gasteiger partial charge in [0.25, 0.3) is 0 Å². The number of fused-ring (bicyclic) bond motifs is 15. The Balaban J connectivity index is 0.00000150. The largest absolute Gasteiger partial charge is 0.508 e. The van der Waals surface area contributed by atoms with Gasteiger partial charge in [-0.15, -0.1) is 0 Å². The Morgan fingerprint density at radius 1 is 0.645 bits per heavy atom. The van der Waals surface area contributed by atoms with Crippen LogP contribution in [-0.4, -0.2) is 132 Å². The van der Waals surface area contributed by atoms with Gasteiger partial charge in [0, 0.05) is 29.3 Å². The quantitative estimate of drug-likeness (QED) is 0.0690. The number of primary amides is 1. The Bertz CT molecular complexity index is 4000. The lowest BCUT2D eigenvalue weighted by atomic mass is 9.89. The number of likely N-dealkylation sites (N-methyl/N-ethyl adjacent to an activating group) is 1. The first kappa shape index (κ1) is 68.4. The summed E-state index contributed by atoms with van der Waals surface area (Å²) in [6, 6.07) is 7.23. The number of halogens is 5. The summed E-state index contributed by atoms with van der Waals surface area (Å²) < 4.78 is 44.0. The molecule has 0 aromatic heterocycles. The third kappa shape index (κ3) is 15.6. The number of nitrogens with one attached hydrogen (secondary N) is 8. The number of rotatable bonds is 10. The topological polar surface area (TPSA) is 482 Å². The average Bonchev–Trinajstić information content (AvgIpc) is 0.774. The first-order valence-corrected chi connectivity index (χ1v) is 28.0. The molecule has 93 heavy (non-hydrogen) atoms. The highest BCUT2D eigenvalue weighted by molar-refractivity contribution is 6.32.